The first-order valence-corrected chi connectivity index (χ1v) is 8.24. The molecule has 1 aliphatic rings. The smallest absolute Gasteiger partial charge is 0.246 e. The van der Waals surface area contributed by atoms with E-state index < -0.39 is 10.0 Å². The summed E-state index contributed by atoms with van der Waals surface area (Å²) in [5, 5.41) is 0. The van der Waals surface area contributed by atoms with Crippen molar-refractivity contribution in [2.24, 2.45) is 11.8 Å². The molecule has 0 aliphatic carbocycles. The summed E-state index contributed by atoms with van der Waals surface area (Å²) in [7, 11) is -2.07. The van der Waals surface area contributed by atoms with Crippen molar-refractivity contribution in [3.8, 4) is 5.75 Å². The maximum atomic E-state index is 12.7. The molecule has 112 valence electrons. The second kappa shape index (κ2) is 5.61. The van der Waals surface area contributed by atoms with Gasteiger partial charge >= 0.3 is 0 Å². The van der Waals surface area contributed by atoms with Crippen LogP contribution in [0.1, 0.15) is 20.3 Å². The molecule has 0 aromatic heterocycles. The topological polar surface area (TPSA) is 72.6 Å². The second-order valence-corrected chi connectivity index (χ2v) is 7.42. The highest BCUT2D eigenvalue weighted by Crippen LogP contribution is 2.32. The minimum absolute atomic E-state index is 0.191. The Hall–Kier alpha value is -1.27. The zero-order valence-electron chi connectivity index (χ0n) is 12.2. The maximum Gasteiger partial charge on any atom is 0.246 e. The van der Waals surface area contributed by atoms with Crippen LogP contribution in [-0.4, -0.2) is 32.9 Å². The summed E-state index contributed by atoms with van der Waals surface area (Å²) >= 11 is 0. The van der Waals surface area contributed by atoms with E-state index in [2.05, 4.69) is 13.8 Å². The summed E-state index contributed by atoms with van der Waals surface area (Å²) in [5.41, 5.74) is 6.16. The number of rotatable bonds is 3. The molecule has 5 nitrogen and oxygen atoms in total. The number of ether oxygens (including phenoxy) is 1. The average molecular weight is 298 g/mol. The minimum Gasteiger partial charge on any atom is -0.495 e. The van der Waals surface area contributed by atoms with Gasteiger partial charge in [0.15, 0.2) is 0 Å². The van der Waals surface area contributed by atoms with Gasteiger partial charge in [0.1, 0.15) is 10.6 Å². The molecule has 1 heterocycles. The molecule has 0 spiro atoms. The van der Waals surface area contributed by atoms with Gasteiger partial charge in [-0.15, -0.1) is 0 Å². The Bertz CT molecular complexity index is 586. The Morgan fingerprint density at radius 2 is 2.00 bits per heavy atom. The first-order valence-electron chi connectivity index (χ1n) is 6.80. The molecule has 1 saturated heterocycles. The van der Waals surface area contributed by atoms with Crippen molar-refractivity contribution in [2.45, 2.75) is 25.2 Å². The Morgan fingerprint density at radius 3 is 2.60 bits per heavy atom. The molecular weight excluding hydrogens is 276 g/mol. The molecule has 1 aromatic carbocycles. The molecule has 0 radical (unpaired) electrons. The van der Waals surface area contributed by atoms with E-state index in [4.69, 9.17) is 10.5 Å². The molecular formula is C14H22N2O3S. The maximum absolute atomic E-state index is 12.7. The van der Waals surface area contributed by atoms with E-state index in [0.717, 1.165) is 6.42 Å². The van der Waals surface area contributed by atoms with E-state index in [9.17, 15) is 8.42 Å². The largest absolute Gasteiger partial charge is 0.495 e. The first-order chi connectivity index (χ1) is 9.36. The molecule has 2 unspecified atom stereocenters. The number of hydrogen-bond donors (Lipinski definition) is 1. The van der Waals surface area contributed by atoms with E-state index in [1.165, 1.54) is 13.2 Å². The van der Waals surface area contributed by atoms with Crippen LogP contribution < -0.4 is 10.5 Å². The molecule has 2 rings (SSSR count). The highest BCUT2D eigenvalue weighted by atomic mass is 32.2. The van der Waals surface area contributed by atoms with Gasteiger partial charge in [0.05, 0.1) is 7.11 Å². The van der Waals surface area contributed by atoms with Gasteiger partial charge in [0.2, 0.25) is 10.0 Å². The van der Waals surface area contributed by atoms with Gasteiger partial charge < -0.3 is 10.5 Å². The molecule has 2 atom stereocenters. The highest BCUT2D eigenvalue weighted by molar-refractivity contribution is 7.89. The highest BCUT2D eigenvalue weighted by Gasteiger charge is 2.33. The number of benzene rings is 1. The van der Waals surface area contributed by atoms with Crippen molar-refractivity contribution < 1.29 is 13.2 Å². The standard InChI is InChI=1S/C14H22N2O3S/c1-10-6-7-16(9-11(10)2)20(17,18)14-5-4-12(15)8-13(14)19-3/h4-5,8,10-11H,6-7,9,15H2,1-3H3. The third-order valence-electron chi connectivity index (χ3n) is 4.10. The summed E-state index contributed by atoms with van der Waals surface area (Å²) in [5.74, 6) is 1.21. The van der Waals surface area contributed by atoms with E-state index >= 15 is 0 Å². The predicted octanol–water partition coefficient (Wildman–Crippen LogP) is 1.94. The normalized spacial score (nSPS) is 24.6. The van der Waals surface area contributed by atoms with Crippen LogP contribution in [0.25, 0.3) is 0 Å². The van der Waals surface area contributed by atoms with Crippen LogP contribution in [0.4, 0.5) is 5.69 Å². The number of methoxy groups -OCH3 is 1. The van der Waals surface area contributed by atoms with Gasteiger partial charge in [0, 0.05) is 24.8 Å². The molecule has 2 N–H and O–H groups in total. The van der Waals surface area contributed by atoms with E-state index in [1.54, 1.807) is 16.4 Å². The summed E-state index contributed by atoms with van der Waals surface area (Å²) in [4.78, 5) is 0.191. The van der Waals surface area contributed by atoms with Crippen molar-refractivity contribution in [3.05, 3.63) is 18.2 Å². The lowest BCUT2D eigenvalue weighted by molar-refractivity contribution is 0.212. The molecule has 20 heavy (non-hydrogen) atoms. The summed E-state index contributed by atoms with van der Waals surface area (Å²) in [6.07, 6.45) is 0.887. The molecule has 0 saturated carbocycles. The predicted molar refractivity (Wildman–Crippen MR) is 79.1 cm³/mol. The summed E-state index contributed by atoms with van der Waals surface area (Å²) in [6, 6.07) is 4.65. The lowest BCUT2D eigenvalue weighted by Gasteiger charge is -2.34. The fourth-order valence-electron chi connectivity index (χ4n) is 2.48. The summed E-state index contributed by atoms with van der Waals surface area (Å²) in [6.45, 7) is 5.36. The second-order valence-electron chi connectivity index (χ2n) is 5.52. The van der Waals surface area contributed by atoms with Crippen LogP contribution in [0.15, 0.2) is 23.1 Å². The molecule has 6 heteroatoms. The van der Waals surface area contributed by atoms with Gasteiger partial charge in [-0.1, -0.05) is 13.8 Å². The van der Waals surface area contributed by atoms with Crippen LogP contribution in [0.3, 0.4) is 0 Å². The van der Waals surface area contributed by atoms with Gasteiger partial charge in [0.25, 0.3) is 0 Å². The van der Waals surface area contributed by atoms with Crippen molar-refractivity contribution >= 4 is 15.7 Å². The Balaban J connectivity index is 2.36. The Morgan fingerprint density at radius 1 is 1.30 bits per heavy atom. The van der Waals surface area contributed by atoms with E-state index in [1.807, 2.05) is 0 Å². The van der Waals surface area contributed by atoms with Crippen LogP contribution in [-0.2, 0) is 10.0 Å². The third kappa shape index (κ3) is 2.76. The zero-order chi connectivity index (χ0) is 14.9. The number of anilines is 1. The fraction of sp³-hybridized carbons (Fsp3) is 0.571. The van der Waals surface area contributed by atoms with Gasteiger partial charge in [-0.05, 0) is 30.4 Å². The number of piperidine rings is 1. The third-order valence-corrected chi connectivity index (χ3v) is 6.01. The van der Waals surface area contributed by atoms with Crippen molar-refractivity contribution in [2.75, 3.05) is 25.9 Å². The van der Waals surface area contributed by atoms with Crippen LogP contribution in [0.2, 0.25) is 0 Å². The van der Waals surface area contributed by atoms with Crippen LogP contribution in [0.5, 0.6) is 5.75 Å². The monoisotopic (exact) mass is 298 g/mol. The van der Waals surface area contributed by atoms with Crippen molar-refractivity contribution in [1.82, 2.24) is 4.31 Å². The minimum atomic E-state index is -3.53. The Labute approximate surface area is 120 Å². The van der Waals surface area contributed by atoms with Gasteiger partial charge in [-0.2, -0.15) is 4.31 Å². The van der Waals surface area contributed by atoms with Crippen molar-refractivity contribution in [3.63, 3.8) is 0 Å². The first kappa shape index (κ1) is 15.1. The van der Waals surface area contributed by atoms with Crippen LogP contribution >= 0.6 is 0 Å². The molecule has 0 bridgehead atoms. The SMILES string of the molecule is COc1cc(N)ccc1S(=O)(=O)N1CCC(C)C(C)C1. The van der Waals surface area contributed by atoms with E-state index in [0.29, 0.717) is 36.4 Å². The van der Waals surface area contributed by atoms with Gasteiger partial charge in [-0.25, -0.2) is 8.42 Å². The molecule has 1 fully saturated rings. The number of hydrogen-bond acceptors (Lipinski definition) is 4. The quantitative estimate of drug-likeness (QED) is 0.866. The number of nitrogens with zero attached hydrogens (tertiary/aromatic N) is 1. The number of nitrogen functional groups attached to an aromatic ring is 1. The van der Waals surface area contributed by atoms with Gasteiger partial charge in [-0.3, -0.25) is 0 Å². The van der Waals surface area contributed by atoms with Crippen molar-refractivity contribution in [1.29, 1.82) is 0 Å². The lowest BCUT2D eigenvalue weighted by atomic mass is 9.90. The number of nitrogens with two attached hydrogens (primary N) is 1. The summed E-state index contributed by atoms with van der Waals surface area (Å²) < 4.78 is 32.2. The van der Waals surface area contributed by atoms with Crippen LogP contribution in [0, 0.1) is 11.8 Å². The Kier molecular flexibility index (Phi) is 4.25. The average Bonchev–Trinajstić information content (AvgIpc) is 2.41. The lowest BCUT2D eigenvalue weighted by Crippen LogP contribution is -2.42. The molecule has 0 amide bonds. The number of sulfonamides is 1. The van der Waals surface area contributed by atoms with E-state index in [-0.39, 0.29) is 4.90 Å². The molecule has 1 aromatic rings. The zero-order valence-corrected chi connectivity index (χ0v) is 13.0. The molecule has 1 aliphatic heterocycles. The fourth-order valence-corrected chi connectivity index (χ4v) is 4.17.